The second-order valence-corrected chi connectivity index (χ2v) is 5.90. The van der Waals surface area contributed by atoms with Gasteiger partial charge < -0.3 is 15.7 Å². The van der Waals surface area contributed by atoms with Gasteiger partial charge in [0.05, 0.1) is 0 Å². The summed E-state index contributed by atoms with van der Waals surface area (Å²) in [4.78, 5) is 23.5. The van der Waals surface area contributed by atoms with Gasteiger partial charge in [0.2, 0.25) is 11.1 Å². The van der Waals surface area contributed by atoms with Gasteiger partial charge in [-0.15, -0.1) is 5.10 Å². The highest BCUT2D eigenvalue weighted by Crippen LogP contribution is 2.13. The van der Waals surface area contributed by atoms with Crippen LogP contribution in [0.25, 0.3) is 0 Å². The van der Waals surface area contributed by atoms with E-state index < -0.39 is 0 Å². The summed E-state index contributed by atoms with van der Waals surface area (Å²) in [6, 6.07) is 5.95. The molecule has 1 aromatic carbocycles. The Hall–Kier alpha value is -2.62. The molecule has 24 heavy (non-hydrogen) atoms. The first kappa shape index (κ1) is 17.7. The number of aromatic nitrogens is 4. The molecule has 9 nitrogen and oxygen atoms in total. The van der Waals surface area contributed by atoms with Crippen molar-refractivity contribution in [2.75, 3.05) is 18.8 Å². The van der Waals surface area contributed by atoms with Crippen LogP contribution in [0.1, 0.15) is 16.8 Å². The lowest BCUT2D eigenvalue weighted by Crippen LogP contribution is -2.34. The summed E-state index contributed by atoms with van der Waals surface area (Å²) < 4.78 is 1.54. The SMILES string of the molecule is Cn1nnnc1SCCC(=O)NCCNC(=O)c1ccc(O)cc1. The van der Waals surface area contributed by atoms with E-state index in [9.17, 15) is 9.59 Å². The number of benzene rings is 1. The zero-order valence-electron chi connectivity index (χ0n) is 13.1. The first-order valence-corrected chi connectivity index (χ1v) is 8.24. The molecule has 0 saturated heterocycles. The zero-order valence-corrected chi connectivity index (χ0v) is 13.9. The molecule has 0 bridgehead atoms. The van der Waals surface area contributed by atoms with Crippen LogP contribution in [0.3, 0.4) is 0 Å². The van der Waals surface area contributed by atoms with E-state index in [0.717, 1.165) is 0 Å². The normalized spacial score (nSPS) is 10.4. The van der Waals surface area contributed by atoms with E-state index in [4.69, 9.17) is 5.11 Å². The van der Waals surface area contributed by atoms with Crippen molar-refractivity contribution in [1.82, 2.24) is 30.8 Å². The highest BCUT2D eigenvalue weighted by atomic mass is 32.2. The molecule has 2 rings (SSSR count). The monoisotopic (exact) mass is 350 g/mol. The standard InChI is InChI=1S/C14H18N6O3S/c1-20-14(17-18-19-20)24-9-6-12(22)15-7-8-16-13(23)10-2-4-11(21)5-3-10/h2-5,21H,6-9H2,1H3,(H,15,22)(H,16,23). The minimum atomic E-state index is -0.255. The smallest absolute Gasteiger partial charge is 0.251 e. The Morgan fingerprint density at radius 2 is 1.92 bits per heavy atom. The van der Waals surface area contributed by atoms with E-state index in [2.05, 4.69) is 26.2 Å². The first-order valence-electron chi connectivity index (χ1n) is 7.25. The molecular formula is C14H18N6O3S. The molecule has 10 heteroatoms. The third-order valence-electron chi connectivity index (χ3n) is 3.00. The summed E-state index contributed by atoms with van der Waals surface area (Å²) in [6.07, 6.45) is 0.337. The number of carbonyl (C=O) groups is 2. The predicted octanol–water partition coefficient (Wildman–Crippen LogP) is -0.0559. The molecule has 0 saturated carbocycles. The Labute approximate surface area is 142 Å². The number of rotatable bonds is 8. The van der Waals surface area contributed by atoms with Crippen LogP contribution in [0, 0.1) is 0 Å². The molecule has 0 fully saturated rings. The Morgan fingerprint density at radius 3 is 2.58 bits per heavy atom. The summed E-state index contributed by atoms with van der Waals surface area (Å²) in [5.41, 5.74) is 0.452. The molecule has 0 aliphatic rings. The lowest BCUT2D eigenvalue weighted by atomic mass is 10.2. The number of thioether (sulfide) groups is 1. The van der Waals surface area contributed by atoms with Gasteiger partial charge in [-0.3, -0.25) is 9.59 Å². The molecule has 0 aliphatic heterocycles. The average molecular weight is 350 g/mol. The number of aryl methyl sites for hydroxylation is 1. The quantitative estimate of drug-likeness (QED) is 0.450. The fraction of sp³-hybridized carbons (Fsp3) is 0.357. The molecule has 0 atom stereocenters. The summed E-state index contributed by atoms with van der Waals surface area (Å²) in [7, 11) is 1.74. The summed E-state index contributed by atoms with van der Waals surface area (Å²) in [6.45, 7) is 0.671. The molecule has 3 N–H and O–H groups in total. The number of aromatic hydroxyl groups is 1. The molecule has 0 radical (unpaired) electrons. The molecule has 0 unspecified atom stereocenters. The number of hydrogen-bond acceptors (Lipinski definition) is 7. The highest BCUT2D eigenvalue weighted by molar-refractivity contribution is 7.99. The fourth-order valence-corrected chi connectivity index (χ4v) is 2.55. The van der Waals surface area contributed by atoms with Gasteiger partial charge in [0, 0.05) is 37.9 Å². The largest absolute Gasteiger partial charge is 0.508 e. The van der Waals surface area contributed by atoms with Gasteiger partial charge in [-0.2, -0.15) is 0 Å². The molecule has 1 heterocycles. The number of phenolic OH excluding ortho intramolecular Hbond substituents is 1. The van der Waals surface area contributed by atoms with E-state index in [-0.39, 0.29) is 17.6 Å². The van der Waals surface area contributed by atoms with Crippen LogP contribution in [0.2, 0.25) is 0 Å². The first-order chi connectivity index (χ1) is 11.6. The maximum absolute atomic E-state index is 11.8. The Bertz CT molecular complexity index is 688. The van der Waals surface area contributed by atoms with Crippen LogP contribution in [-0.2, 0) is 11.8 Å². The molecular weight excluding hydrogens is 332 g/mol. The maximum Gasteiger partial charge on any atom is 0.251 e. The highest BCUT2D eigenvalue weighted by Gasteiger charge is 2.07. The molecule has 2 aromatic rings. The van der Waals surface area contributed by atoms with Crippen molar-refractivity contribution >= 4 is 23.6 Å². The number of phenols is 1. The van der Waals surface area contributed by atoms with Crippen molar-refractivity contribution in [3.05, 3.63) is 29.8 Å². The molecule has 0 aliphatic carbocycles. The van der Waals surface area contributed by atoms with Crippen LogP contribution in [0.4, 0.5) is 0 Å². The molecule has 2 amide bonds. The van der Waals surface area contributed by atoms with E-state index in [1.54, 1.807) is 11.7 Å². The average Bonchev–Trinajstić information content (AvgIpc) is 2.97. The fourth-order valence-electron chi connectivity index (χ4n) is 1.76. The maximum atomic E-state index is 11.8. The third-order valence-corrected chi connectivity index (χ3v) is 4.02. The number of hydrogen-bond donors (Lipinski definition) is 3. The van der Waals surface area contributed by atoms with Crippen LogP contribution in [0.5, 0.6) is 5.75 Å². The lowest BCUT2D eigenvalue weighted by Gasteiger charge is -2.07. The topological polar surface area (TPSA) is 122 Å². The van der Waals surface area contributed by atoms with Crippen molar-refractivity contribution in [2.45, 2.75) is 11.6 Å². The van der Waals surface area contributed by atoms with Crippen molar-refractivity contribution in [2.24, 2.45) is 7.05 Å². The Kier molecular flexibility index (Phi) is 6.55. The van der Waals surface area contributed by atoms with Gasteiger partial charge in [-0.25, -0.2) is 4.68 Å². The van der Waals surface area contributed by atoms with Gasteiger partial charge in [-0.1, -0.05) is 11.8 Å². The van der Waals surface area contributed by atoms with Gasteiger partial charge in [0.25, 0.3) is 5.91 Å². The number of nitrogens with zero attached hydrogens (tertiary/aromatic N) is 4. The van der Waals surface area contributed by atoms with Crippen molar-refractivity contribution < 1.29 is 14.7 Å². The summed E-state index contributed by atoms with van der Waals surface area (Å²) >= 11 is 1.40. The van der Waals surface area contributed by atoms with Gasteiger partial charge in [0.15, 0.2) is 0 Å². The van der Waals surface area contributed by atoms with Crippen molar-refractivity contribution in [1.29, 1.82) is 0 Å². The van der Waals surface area contributed by atoms with Crippen LogP contribution in [-0.4, -0.2) is 56.0 Å². The van der Waals surface area contributed by atoms with Gasteiger partial charge >= 0.3 is 0 Å². The zero-order chi connectivity index (χ0) is 17.4. The minimum Gasteiger partial charge on any atom is -0.508 e. The number of amides is 2. The number of tetrazole rings is 1. The minimum absolute atomic E-state index is 0.100. The second kappa shape index (κ2) is 8.87. The number of carbonyl (C=O) groups excluding carboxylic acids is 2. The van der Waals surface area contributed by atoms with Gasteiger partial charge in [0.1, 0.15) is 5.75 Å². The molecule has 128 valence electrons. The summed E-state index contributed by atoms with van der Waals surface area (Å²) in [5.74, 6) is 0.319. The number of nitrogens with one attached hydrogen (secondary N) is 2. The lowest BCUT2D eigenvalue weighted by molar-refractivity contribution is -0.120. The van der Waals surface area contributed by atoms with Crippen LogP contribution < -0.4 is 10.6 Å². The second-order valence-electron chi connectivity index (χ2n) is 4.84. The van der Waals surface area contributed by atoms with Gasteiger partial charge in [-0.05, 0) is 34.7 Å². The third kappa shape index (κ3) is 5.54. The van der Waals surface area contributed by atoms with Crippen LogP contribution >= 0.6 is 11.8 Å². The molecule has 1 aromatic heterocycles. The van der Waals surface area contributed by atoms with E-state index in [1.807, 2.05) is 0 Å². The Balaban J connectivity index is 1.58. The van der Waals surface area contributed by atoms with Crippen molar-refractivity contribution in [3.63, 3.8) is 0 Å². The predicted molar refractivity (Wildman–Crippen MR) is 87.6 cm³/mol. The van der Waals surface area contributed by atoms with Crippen molar-refractivity contribution in [3.8, 4) is 5.75 Å². The van der Waals surface area contributed by atoms with E-state index >= 15 is 0 Å². The molecule has 0 spiro atoms. The van der Waals surface area contributed by atoms with Crippen LogP contribution in [0.15, 0.2) is 29.4 Å². The Morgan fingerprint density at radius 1 is 1.21 bits per heavy atom. The van der Waals surface area contributed by atoms with E-state index in [0.29, 0.717) is 36.0 Å². The van der Waals surface area contributed by atoms with E-state index in [1.165, 1.54) is 36.0 Å². The summed E-state index contributed by atoms with van der Waals surface area (Å²) in [5, 5.41) is 26.3.